The van der Waals surface area contributed by atoms with Crippen LogP contribution in [0.1, 0.15) is 25.0 Å². The number of nitrogens with zero attached hydrogens (tertiary/aromatic N) is 4. The Hall–Kier alpha value is -1.87. The Balaban J connectivity index is 1.59. The third-order valence-electron chi connectivity index (χ3n) is 4.97. The van der Waals surface area contributed by atoms with E-state index in [4.69, 9.17) is 0 Å². The van der Waals surface area contributed by atoms with Crippen molar-refractivity contribution in [3.05, 3.63) is 52.3 Å². The average molecular weight is 459 g/mol. The lowest BCUT2D eigenvalue weighted by Gasteiger charge is -2.38. The van der Waals surface area contributed by atoms with Crippen LogP contribution in [0.3, 0.4) is 0 Å². The predicted molar refractivity (Wildman–Crippen MR) is 103 cm³/mol. The molecule has 0 bridgehead atoms. The average Bonchev–Trinajstić information content (AvgIpc) is 3.08. The molecule has 0 spiro atoms. The van der Waals surface area contributed by atoms with Gasteiger partial charge in [-0.05, 0) is 41.4 Å². The summed E-state index contributed by atoms with van der Waals surface area (Å²) in [7, 11) is 0. The Bertz CT molecular complexity index is 842. The molecule has 28 heavy (non-hydrogen) atoms. The minimum atomic E-state index is -4.34. The molecule has 1 aromatic heterocycles. The normalized spacial score (nSPS) is 16.4. The van der Waals surface area contributed by atoms with Gasteiger partial charge in [-0.15, -0.1) is 0 Å². The molecular weight excluding hydrogens is 437 g/mol. The third-order valence-corrected chi connectivity index (χ3v) is 5.38. The Labute approximate surface area is 170 Å². The molecule has 2 aromatic rings. The number of carbonyl (C=O) groups excluding carboxylic acids is 1. The summed E-state index contributed by atoms with van der Waals surface area (Å²) >= 11 is 3.34. The van der Waals surface area contributed by atoms with Crippen LogP contribution in [0.2, 0.25) is 0 Å². The van der Waals surface area contributed by atoms with Crippen LogP contribution in [0.15, 0.2) is 41.1 Å². The zero-order valence-electron chi connectivity index (χ0n) is 15.7. The van der Waals surface area contributed by atoms with Gasteiger partial charge in [0.2, 0.25) is 5.91 Å². The SMILES string of the molecule is CC(C)(C(=O)N1CCN(Cc2cccc(C(F)(F)F)c2)CC1)n1cc(Br)cn1. The molecule has 1 saturated heterocycles. The summed E-state index contributed by atoms with van der Waals surface area (Å²) in [5.74, 6) is -0.0261. The van der Waals surface area contributed by atoms with Gasteiger partial charge in [0, 0.05) is 38.9 Å². The highest BCUT2D eigenvalue weighted by Gasteiger charge is 2.36. The van der Waals surface area contributed by atoms with Crippen LogP contribution in [0.25, 0.3) is 0 Å². The lowest BCUT2D eigenvalue weighted by Crippen LogP contribution is -2.54. The predicted octanol–water partition coefficient (Wildman–Crippen LogP) is 3.74. The van der Waals surface area contributed by atoms with Crippen molar-refractivity contribution in [3.63, 3.8) is 0 Å². The molecule has 0 N–H and O–H groups in total. The summed E-state index contributed by atoms with van der Waals surface area (Å²) in [5.41, 5.74) is -0.822. The van der Waals surface area contributed by atoms with E-state index < -0.39 is 17.3 Å². The van der Waals surface area contributed by atoms with Gasteiger partial charge >= 0.3 is 6.18 Å². The number of hydrogen-bond donors (Lipinski definition) is 0. The first-order chi connectivity index (χ1) is 13.1. The molecule has 9 heteroatoms. The summed E-state index contributed by atoms with van der Waals surface area (Å²) in [6.45, 7) is 6.37. The first-order valence-corrected chi connectivity index (χ1v) is 9.75. The molecule has 0 atom stereocenters. The van der Waals surface area contributed by atoms with E-state index in [0.29, 0.717) is 38.3 Å². The number of benzene rings is 1. The van der Waals surface area contributed by atoms with Crippen LogP contribution in [-0.2, 0) is 23.1 Å². The fourth-order valence-corrected chi connectivity index (χ4v) is 3.59. The lowest BCUT2D eigenvalue weighted by molar-refractivity contribution is -0.141. The molecule has 2 heterocycles. The fourth-order valence-electron chi connectivity index (χ4n) is 3.30. The van der Waals surface area contributed by atoms with E-state index in [1.54, 1.807) is 28.0 Å². The number of piperazine rings is 1. The van der Waals surface area contributed by atoms with E-state index >= 15 is 0 Å². The minimum Gasteiger partial charge on any atom is -0.338 e. The number of rotatable bonds is 4. The van der Waals surface area contributed by atoms with Crippen molar-refractivity contribution in [2.75, 3.05) is 26.2 Å². The Kier molecular flexibility index (Phi) is 5.86. The molecule has 1 aliphatic rings. The smallest absolute Gasteiger partial charge is 0.338 e. The maximum atomic E-state index is 13.0. The van der Waals surface area contributed by atoms with E-state index in [0.717, 1.165) is 10.5 Å². The van der Waals surface area contributed by atoms with Crippen LogP contribution >= 0.6 is 15.9 Å². The van der Waals surface area contributed by atoms with Crippen LogP contribution < -0.4 is 0 Å². The number of halogens is 4. The highest BCUT2D eigenvalue weighted by Crippen LogP contribution is 2.30. The molecule has 0 unspecified atom stereocenters. The first-order valence-electron chi connectivity index (χ1n) is 8.96. The maximum Gasteiger partial charge on any atom is 0.416 e. The zero-order valence-corrected chi connectivity index (χ0v) is 17.3. The van der Waals surface area contributed by atoms with Crippen molar-refractivity contribution in [1.82, 2.24) is 19.6 Å². The summed E-state index contributed by atoms with van der Waals surface area (Å²) in [6.07, 6.45) is -0.933. The maximum absolute atomic E-state index is 13.0. The molecule has 1 fully saturated rings. The molecular formula is C19H22BrF3N4O. The van der Waals surface area contributed by atoms with E-state index in [1.807, 2.05) is 13.8 Å². The van der Waals surface area contributed by atoms with Crippen molar-refractivity contribution < 1.29 is 18.0 Å². The minimum absolute atomic E-state index is 0.0261. The van der Waals surface area contributed by atoms with Crippen molar-refractivity contribution >= 4 is 21.8 Å². The fraction of sp³-hybridized carbons (Fsp3) is 0.474. The second-order valence-corrected chi connectivity index (χ2v) is 8.34. The van der Waals surface area contributed by atoms with Gasteiger partial charge in [0.15, 0.2) is 0 Å². The molecule has 152 valence electrons. The lowest BCUT2D eigenvalue weighted by atomic mass is 10.0. The summed E-state index contributed by atoms with van der Waals surface area (Å²) in [6, 6.07) is 5.40. The van der Waals surface area contributed by atoms with Crippen molar-refractivity contribution in [2.45, 2.75) is 32.1 Å². The van der Waals surface area contributed by atoms with Crippen LogP contribution in [0.4, 0.5) is 13.2 Å². The van der Waals surface area contributed by atoms with Crippen molar-refractivity contribution in [3.8, 4) is 0 Å². The van der Waals surface area contributed by atoms with E-state index in [-0.39, 0.29) is 5.91 Å². The van der Waals surface area contributed by atoms with Gasteiger partial charge in [-0.2, -0.15) is 18.3 Å². The van der Waals surface area contributed by atoms with Gasteiger partial charge in [0.25, 0.3) is 0 Å². The molecule has 5 nitrogen and oxygen atoms in total. The topological polar surface area (TPSA) is 41.4 Å². The first kappa shape index (κ1) is 20.9. The van der Waals surface area contributed by atoms with E-state index in [2.05, 4.69) is 25.9 Å². The molecule has 3 rings (SSSR count). The number of alkyl halides is 3. The molecule has 1 amide bonds. The van der Waals surface area contributed by atoms with Gasteiger partial charge in [-0.1, -0.05) is 18.2 Å². The van der Waals surface area contributed by atoms with Crippen LogP contribution in [0, 0.1) is 0 Å². The summed E-state index contributed by atoms with van der Waals surface area (Å²) in [4.78, 5) is 16.8. The quantitative estimate of drug-likeness (QED) is 0.700. The molecule has 0 radical (unpaired) electrons. The van der Waals surface area contributed by atoms with Gasteiger partial charge in [-0.25, -0.2) is 0 Å². The highest BCUT2D eigenvalue weighted by atomic mass is 79.9. The Morgan fingerprint density at radius 3 is 2.43 bits per heavy atom. The summed E-state index contributed by atoms with van der Waals surface area (Å²) < 4.78 is 41.1. The third kappa shape index (κ3) is 4.57. The van der Waals surface area contributed by atoms with Crippen molar-refractivity contribution in [1.29, 1.82) is 0 Å². The molecule has 0 saturated carbocycles. The van der Waals surface area contributed by atoms with Crippen LogP contribution in [0.5, 0.6) is 0 Å². The van der Waals surface area contributed by atoms with Gasteiger partial charge in [0.05, 0.1) is 16.2 Å². The number of carbonyl (C=O) groups is 1. The second kappa shape index (κ2) is 7.87. The standard InChI is InChI=1S/C19H22BrF3N4O/c1-18(2,27-13-16(20)11-24-27)17(28)26-8-6-25(7-9-26)12-14-4-3-5-15(10-14)19(21,22)23/h3-5,10-11,13H,6-9,12H2,1-2H3. The van der Waals surface area contributed by atoms with E-state index in [9.17, 15) is 18.0 Å². The summed E-state index contributed by atoms with van der Waals surface area (Å²) in [5, 5.41) is 4.22. The van der Waals surface area contributed by atoms with Gasteiger partial charge in [0.1, 0.15) is 5.54 Å². The monoisotopic (exact) mass is 458 g/mol. The molecule has 0 aliphatic carbocycles. The Morgan fingerprint density at radius 1 is 1.18 bits per heavy atom. The number of aromatic nitrogens is 2. The molecule has 1 aromatic carbocycles. The number of hydrogen-bond acceptors (Lipinski definition) is 3. The van der Waals surface area contributed by atoms with Gasteiger partial charge < -0.3 is 4.90 Å². The Morgan fingerprint density at radius 2 is 1.86 bits per heavy atom. The van der Waals surface area contributed by atoms with E-state index in [1.165, 1.54) is 12.1 Å². The van der Waals surface area contributed by atoms with Crippen LogP contribution in [-0.4, -0.2) is 51.7 Å². The molecule has 1 aliphatic heterocycles. The second-order valence-electron chi connectivity index (χ2n) is 7.43. The number of amides is 1. The highest BCUT2D eigenvalue weighted by molar-refractivity contribution is 9.10. The largest absolute Gasteiger partial charge is 0.416 e. The zero-order chi connectivity index (χ0) is 20.5. The van der Waals surface area contributed by atoms with Gasteiger partial charge in [-0.3, -0.25) is 14.4 Å². The van der Waals surface area contributed by atoms with Crippen molar-refractivity contribution in [2.24, 2.45) is 0 Å².